The van der Waals surface area contributed by atoms with Gasteiger partial charge in [0.1, 0.15) is 11.6 Å². The van der Waals surface area contributed by atoms with Crippen molar-refractivity contribution in [1.82, 2.24) is 0 Å². The highest BCUT2D eigenvalue weighted by Gasteiger charge is 2.06. The Kier molecular flexibility index (Phi) is 5.37. The van der Waals surface area contributed by atoms with Gasteiger partial charge in [0.2, 0.25) is 0 Å². The normalized spacial score (nSPS) is 10.2. The molecule has 0 saturated heterocycles. The predicted octanol–water partition coefficient (Wildman–Crippen LogP) is 1.58. The van der Waals surface area contributed by atoms with Crippen LogP contribution in [0.2, 0.25) is 0 Å². The van der Waals surface area contributed by atoms with Crippen LogP contribution in [0.1, 0.15) is 12.8 Å². The van der Waals surface area contributed by atoms with Crippen LogP contribution >= 0.6 is 0 Å². The topological polar surface area (TPSA) is 50.1 Å². The van der Waals surface area contributed by atoms with Crippen LogP contribution in [0, 0.1) is 11.3 Å². The third-order valence-corrected chi connectivity index (χ3v) is 1.25. The first-order chi connectivity index (χ1) is 5.76. The molecule has 0 saturated carbocycles. The summed E-state index contributed by atoms with van der Waals surface area (Å²) in [6.07, 6.45) is 4.67. The largest absolute Gasteiger partial charge is 0.465 e. The number of allylic oxidation sites excluding steroid dienone is 2. The Hall–Kier alpha value is -1.56. The molecule has 0 aromatic carbocycles. The number of hydrogen-bond donors (Lipinski definition) is 0. The number of ether oxygens (including phenoxy) is 1. The van der Waals surface area contributed by atoms with Gasteiger partial charge in [0.15, 0.2) is 0 Å². The molecule has 3 nitrogen and oxygen atoms in total. The Morgan fingerprint density at radius 3 is 2.75 bits per heavy atom. The van der Waals surface area contributed by atoms with Crippen molar-refractivity contribution in [3.8, 4) is 6.07 Å². The van der Waals surface area contributed by atoms with Crippen molar-refractivity contribution in [2.75, 3.05) is 7.11 Å². The first-order valence-electron chi connectivity index (χ1n) is 3.55. The van der Waals surface area contributed by atoms with Crippen LogP contribution in [0.25, 0.3) is 0 Å². The van der Waals surface area contributed by atoms with Crippen LogP contribution in [0.15, 0.2) is 24.3 Å². The maximum absolute atomic E-state index is 10.8. The van der Waals surface area contributed by atoms with E-state index in [1.54, 1.807) is 18.2 Å². The highest BCUT2D eigenvalue weighted by Crippen LogP contribution is 2.00. The number of esters is 1. The summed E-state index contributed by atoms with van der Waals surface area (Å²) in [4.78, 5) is 10.8. The van der Waals surface area contributed by atoms with E-state index >= 15 is 0 Å². The van der Waals surface area contributed by atoms with Crippen LogP contribution in [0.3, 0.4) is 0 Å². The summed E-state index contributed by atoms with van der Waals surface area (Å²) in [5.41, 5.74) is 0.0550. The van der Waals surface area contributed by atoms with Gasteiger partial charge in [-0.2, -0.15) is 5.26 Å². The Balaban J connectivity index is 4.15. The van der Waals surface area contributed by atoms with Gasteiger partial charge >= 0.3 is 5.97 Å². The van der Waals surface area contributed by atoms with E-state index in [0.29, 0.717) is 6.42 Å². The molecule has 64 valence electrons. The highest BCUT2D eigenvalue weighted by molar-refractivity contribution is 5.92. The highest BCUT2D eigenvalue weighted by atomic mass is 16.5. The predicted molar refractivity (Wildman–Crippen MR) is 45.1 cm³/mol. The number of methoxy groups -OCH3 is 1. The van der Waals surface area contributed by atoms with Gasteiger partial charge in [0, 0.05) is 0 Å². The quantitative estimate of drug-likeness (QED) is 0.209. The van der Waals surface area contributed by atoms with Gasteiger partial charge < -0.3 is 4.74 Å². The van der Waals surface area contributed by atoms with Crippen LogP contribution in [0.4, 0.5) is 0 Å². The monoisotopic (exact) mass is 165 g/mol. The second kappa shape index (κ2) is 6.17. The lowest BCUT2D eigenvalue weighted by Crippen LogP contribution is -2.02. The molecule has 0 amide bonds. The molecule has 0 rings (SSSR count). The number of nitrogens with zero attached hydrogens (tertiary/aromatic N) is 1. The Morgan fingerprint density at radius 2 is 2.33 bits per heavy atom. The summed E-state index contributed by atoms with van der Waals surface area (Å²) in [6.45, 7) is 3.52. The number of unbranched alkanes of at least 4 members (excludes halogenated alkanes) is 1. The minimum Gasteiger partial charge on any atom is -0.465 e. The molecule has 0 aliphatic heterocycles. The summed E-state index contributed by atoms with van der Waals surface area (Å²) in [5, 5.41) is 8.48. The number of hydrogen-bond acceptors (Lipinski definition) is 3. The smallest absolute Gasteiger partial charge is 0.348 e. The van der Waals surface area contributed by atoms with Crippen molar-refractivity contribution in [1.29, 1.82) is 5.26 Å². The van der Waals surface area contributed by atoms with Gasteiger partial charge in [-0.05, 0) is 12.8 Å². The lowest BCUT2D eigenvalue weighted by Gasteiger charge is -1.94. The summed E-state index contributed by atoms with van der Waals surface area (Å²) in [7, 11) is 1.25. The maximum atomic E-state index is 10.8. The minimum absolute atomic E-state index is 0.0550. The van der Waals surface area contributed by atoms with E-state index in [2.05, 4.69) is 11.3 Å². The zero-order valence-corrected chi connectivity index (χ0v) is 7.04. The van der Waals surface area contributed by atoms with Gasteiger partial charge in [0.05, 0.1) is 7.11 Å². The molecule has 3 heteroatoms. The molecule has 0 fully saturated rings. The molecule has 0 radical (unpaired) electrons. The van der Waals surface area contributed by atoms with Crippen LogP contribution in [-0.4, -0.2) is 13.1 Å². The molecular formula is C9H11NO2. The van der Waals surface area contributed by atoms with Gasteiger partial charge in [0.25, 0.3) is 0 Å². The van der Waals surface area contributed by atoms with E-state index in [1.807, 2.05) is 0 Å². The van der Waals surface area contributed by atoms with Crippen LogP contribution < -0.4 is 0 Å². The van der Waals surface area contributed by atoms with E-state index in [1.165, 1.54) is 7.11 Å². The molecule has 0 unspecified atom stereocenters. The maximum Gasteiger partial charge on any atom is 0.348 e. The van der Waals surface area contributed by atoms with Crippen molar-refractivity contribution in [3.63, 3.8) is 0 Å². The first-order valence-corrected chi connectivity index (χ1v) is 3.55. The van der Waals surface area contributed by atoms with E-state index in [4.69, 9.17) is 5.26 Å². The Labute approximate surface area is 71.9 Å². The molecule has 12 heavy (non-hydrogen) atoms. The fraction of sp³-hybridized carbons (Fsp3) is 0.333. The number of carbonyl (C=O) groups is 1. The van der Waals surface area contributed by atoms with Gasteiger partial charge in [-0.1, -0.05) is 12.2 Å². The van der Waals surface area contributed by atoms with E-state index in [-0.39, 0.29) is 5.57 Å². The van der Waals surface area contributed by atoms with E-state index in [9.17, 15) is 4.79 Å². The van der Waals surface area contributed by atoms with Crippen LogP contribution in [0.5, 0.6) is 0 Å². The van der Waals surface area contributed by atoms with Crippen molar-refractivity contribution >= 4 is 5.97 Å². The lowest BCUT2D eigenvalue weighted by atomic mass is 10.2. The van der Waals surface area contributed by atoms with Crippen molar-refractivity contribution in [2.45, 2.75) is 12.8 Å². The lowest BCUT2D eigenvalue weighted by molar-refractivity contribution is -0.135. The second-order valence-corrected chi connectivity index (χ2v) is 2.09. The Morgan fingerprint density at radius 1 is 1.67 bits per heavy atom. The second-order valence-electron chi connectivity index (χ2n) is 2.09. The summed E-state index contributed by atoms with van der Waals surface area (Å²) in [5.74, 6) is -0.582. The van der Waals surface area contributed by atoms with Crippen molar-refractivity contribution in [2.24, 2.45) is 0 Å². The van der Waals surface area contributed by atoms with E-state index in [0.717, 1.165) is 6.42 Å². The fourth-order valence-corrected chi connectivity index (χ4v) is 0.630. The van der Waals surface area contributed by atoms with Gasteiger partial charge in [-0.15, -0.1) is 6.58 Å². The zero-order chi connectivity index (χ0) is 9.40. The third-order valence-electron chi connectivity index (χ3n) is 1.25. The molecule has 0 heterocycles. The number of rotatable bonds is 4. The standard InChI is InChI=1S/C9H11NO2/c1-3-4-5-6-8(7-10)9(11)12-2/h3,6H,1,4-5H2,2H3/b8-6-. The molecule has 0 atom stereocenters. The summed E-state index contributed by atoms with van der Waals surface area (Å²) >= 11 is 0. The van der Waals surface area contributed by atoms with Crippen LogP contribution in [-0.2, 0) is 9.53 Å². The molecular weight excluding hydrogens is 154 g/mol. The number of nitriles is 1. The molecule has 0 N–H and O–H groups in total. The molecule has 0 aromatic heterocycles. The van der Waals surface area contributed by atoms with Crippen molar-refractivity contribution < 1.29 is 9.53 Å². The number of carbonyl (C=O) groups excluding carboxylic acids is 1. The summed E-state index contributed by atoms with van der Waals surface area (Å²) in [6, 6.07) is 1.76. The molecule has 0 spiro atoms. The zero-order valence-electron chi connectivity index (χ0n) is 7.04. The molecule has 0 bridgehead atoms. The average molecular weight is 165 g/mol. The minimum atomic E-state index is -0.582. The fourth-order valence-electron chi connectivity index (χ4n) is 0.630. The molecule has 0 aromatic rings. The molecule has 0 aliphatic rings. The van der Waals surface area contributed by atoms with Gasteiger partial charge in [-0.25, -0.2) is 4.79 Å². The van der Waals surface area contributed by atoms with E-state index < -0.39 is 5.97 Å². The SMILES string of the molecule is C=CCC/C=C(/C#N)C(=O)OC. The third kappa shape index (κ3) is 3.57. The molecule has 0 aliphatic carbocycles. The Bertz CT molecular complexity index is 235. The first kappa shape index (κ1) is 10.4. The summed E-state index contributed by atoms with van der Waals surface area (Å²) < 4.78 is 4.38. The van der Waals surface area contributed by atoms with Crippen molar-refractivity contribution in [3.05, 3.63) is 24.3 Å². The average Bonchev–Trinajstić information content (AvgIpc) is 2.11. The van der Waals surface area contributed by atoms with Gasteiger partial charge in [-0.3, -0.25) is 0 Å².